The number of aliphatic hydroxyl groups is 1. The molecule has 15 heavy (non-hydrogen) atoms. The first-order valence-corrected chi connectivity index (χ1v) is 5.07. The molecular weight excluding hydrogens is 192 g/mol. The van der Waals surface area contributed by atoms with E-state index in [1.807, 2.05) is 6.92 Å². The molecule has 1 aromatic rings. The highest BCUT2D eigenvalue weighted by molar-refractivity contribution is 5.61. The Bertz CT molecular complexity index is 316. The van der Waals surface area contributed by atoms with Crippen LogP contribution in [-0.2, 0) is 0 Å². The minimum absolute atomic E-state index is 0.261. The molecule has 1 aromatic heterocycles. The van der Waals surface area contributed by atoms with Crippen molar-refractivity contribution in [2.45, 2.75) is 25.9 Å². The predicted molar refractivity (Wildman–Crippen MR) is 62.5 cm³/mol. The standard InChI is InChI=1S/C10H18N4O/c1-2-7(15)5-6-13-9-4-3-8(11)10(12)14-9/h3-4,7,15H,2,5-6,11H2,1H3,(H3,12,13,14). The molecule has 5 nitrogen and oxygen atoms in total. The van der Waals surface area contributed by atoms with Gasteiger partial charge in [-0.15, -0.1) is 0 Å². The van der Waals surface area contributed by atoms with Crippen molar-refractivity contribution >= 4 is 17.3 Å². The maximum absolute atomic E-state index is 9.33. The number of rotatable bonds is 5. The van der Waals surface area contributed by atoms with Gasteiger partial charge in [0.2, 0.25) is 0 Å². The summed E-state index contributed by atoms with van der Waals surface area (Å²) in [5, 5.41) is 12.4. The summed E-state index contributed by atoms with van der Waals surface area (Å²) >= 11 is 0. The van der Waals surface area contributed by atoms with Crippen LogP contribution in [0.5, 0.6) is 0 Å². The molecule has 0 radical (unpaired) electrons. The van der Waals surface area contributed by atoms with E-state index in [2.05, 4.69) is 10.3 Å². The van der Waals surface area contributed by atoms with Crippen molar-refractivity contribution in [3.05, 3.63) is 12.1 Å². The highest BCUT2D eigenvalue weighted by atomic mass is 16.3. The lowest BCUT2D eigenvalue weighted by Crippen LogP contribution is -2.13. The first-order valence-electron chi connectivity index (χ1n) is 5.07. The number of aliphatic hydroxyl groups excluding tert-OH is 1. The average molecular weight is 210 g/mol. The van der Waals surface area contributed by atoms with Crippen LogP contribution in [0.2, 0.25) is 0 Å². The summed E-state index contributed by atoms with van der Waals surface area (Å²) in [5.41, 5.74) is 11.6. The van der Waals surface area contributed by atoms with Gasteiger partial charge in [-0.25, -0.2) is 4.98 Å². The maximum atomic E-state index is 9.33. The fraction of sp³-hybridized carbons (Fsp3) is 0.500. The highest BCUT2D eigenvalue weighted by Crippen LogP contribution is 2.14. The maximum Gasteiger partial charge on any atom is 0.149 e. The number of pyridine rings is 1. The molecular formula is C10H18N4O. The van der Waals surface area contributed by atoms with Crippen molar-refractivity contribution in [2.75, 3.05) is 23.3 Å². The summed E-state index contributed by atoms with van der Waals surface area (Å²) in [7, 11) is 0. The molecule has 1 unspecified atom stereocenters. The summed E-state index contributed by atoms with van der Waals surface area (Å²) in [6.07, 6.45) is 1.20. The molecule has 1 rings (SSSR count). The molecule has 0 bridgehead atoms. The molecule has 0 aromatic carbocycles. The molecule has 6 N–H and O–H groups in total. The molecule has 0 spiro atoms. The van der Waals surface area contributed by atoms with E-state index in [0.29, 0.717) is 30.3 Å². The molecule has 5 heteroatoms. The third-order valence-electron chi connectivity index (χ3n) is 2.21. The molecule has 0 aliphatic carbocycles. The Balaban J connectivity index is 2.41. The second-order valence-corrected chi connectivity index (χ2v) is 3.45. The van der Waals surface area contributed by atoms with Gasteiger partial charge < -0.3 is 21.9 Å². The van der Waals surface area contributed by atoms with E-state index >= 15 is 0 Å². The van der Waals surface area contributed by atoms with Gasteiger partial charge in [0.1, 0.15) is 11.6 Å². The van der Waals surface area contributed by atoms with Gasteiger partial charge in [-0.2, -0.15) is 0 Å². The van der Waals surface area contributed by atoms with Gasteiger partial charge in [-0.05, 0) is 25.0 Å². The van der Waals surface area contributed by atoms with Crippen LogP contribution in [-0.4, -0.2) is 22.7 Å². The van der Waals surface area contributed by atoms with Gasteiger partial charge in [0.25, 0.3) is 0 Å². The lowest BCUT2D eigenvalue weighted by atomic mass is 10.2. The van der Waals surface area contributed by atoms with Crippen LogP contribution in [0, 0.1) is 0 Å². The topological polar surface area (TPSA) is 97.2 Å². The fourth-order valence-electron chi connectivity index (χ4n) is 1.16. The lowest BCUT2D eigenvalue weighted by molar-refractivity contribution is 0.164. The zero-order valence-corrected chi connectivity index (χ0v) is 8.90. The molecule has 0 aliphatic heterocycles. The molecule has 84 valence electrons. The van der Waals surface area contributed by atoms with Crippen molar-refractivity contribution in [2.24, 2.45) is 0 Å². The SMILES string of the molecule is CCC(O)CCNc1ccc(N)c(N)n1. The minimum Gasteiger partial charge on any atom is -0.396 e. The van der Waals surface area contributed by atoms with Gasteiger partial charge in [-0.3, -0.25) is 0 Å². The minimum atomic E-state index is -0.261. The van der Waals surface area contributed by atoms with Gasteiger partial charge in [0.05, 0.1) is 11.8 Å². The number of anilines is 3. The van der Waals surface area contributed by atoms with Crippen molar-refractivity contribution < 1.29 is 5.11 Å². The lowest BCUT2D eigenvalue weighted by Gasteiger charge is -2.09. The van der Waals surface area contributed by atoms with Crippen LogP contribution in [0.1, 0.15) is 19.8 Å². The van der Waals surface area contributed by atoms with E-state index in [9.17, 15) is 5.11 Å². The second-order valence-electron chi connectivity index (χ2n) is 3.45. The van der Waals surface area contributed by atoms with Gasteiger partial charge in [0.15, 0.2) is 0 Å². The van der Waals surface area contributed by atoms with E-state index in [0.717, 1.165) is 6.42 Å². The summed E-state index contributed by atoms with van der Waals surface area (Å²) in [6.45, 7) is 2.62. The van der Waals surface area contributed by atoms with Gasteiger partial charge >= 0.3 is 0 Å². The number of nitrogen functional groups attached to an aromatic ring is 2. The second kappa shape index (κ2) is 5.41. The third kappa shape index (κ3) is 3.63. The van der Waals surface area contributed by atoms with E-state index in [-0.39, 0.29) is 6.10 Å². The number of nitrogens with zero attached hydrogens (tertiary/aromatic N) is 1. The Hall–Kier alpha value is -1.49. The number of hydrogen-bond acceptors (Lipinski definition) is 5. The summed E-state index contributed by atoms with van der Waals surface area (Å²) < 4.78 is 0. The van der Waals surface area contributed by atoms with Crippen LogP contribution in [0.25, 0.3) is 0 Å². The largest absolute Gasteiger partial charge is 0.396 e. The average Bonchev–Trinajstić information content (AvgIpc) is 2.23. The van der Waals surface area contributed by atoms with Crippen molar-refractivity contribution in [3.63, 3.8) is 0 Å². The summed E-state index contributed by atoms with van der Waals surface area (Å²) in [4.78, 5) is 4.06. The van der Waals surface area contributed by atoms with E-state index in [4.69, 9.17) is 11.5 Å². The fourth-order valence-corrected chi connectivity index (χ4v) is 1.16. The Kier molecular flexibility index (Phi) is 4.17. The molecule has 1 heterocycles. The van der Waals surface area contributed by atoms with E-state index in [1.165, 1.54) is 0 Å². The van der Waals surface area contributed by atoms with Crippen molar-refractivity contribution in [1.82, 2.24) is 4.98 Å². The zero-order valence-electron chi connectivity index (χ0n) is 8.90. The Morgan fingerprint density at radius 1 is 1.47 bits per heavy atom. The number of nitrogens with one attached hydrogen (secondary N) is 1. The van der Waals surface area contributed by atoms with Crippen LogP contribution in [0.4, 0.5) is 17.3 Å². The van der Waals surface area contributed by atoms with Crippen molar-refractivity contribution in [1.29, 1.82) is 0 Å². The zero-order chi connectivity index (χ0) is 11.3. The molecule has 0 aliphatic rings. The molecule has 1 atom stereocenters. The first kappa shape index (κ1) is 11.6. The first-order chi connectivity index (χ1) is 7.13. The number of aromatic nitrogens is 1. The predicted octanol–water partition coefficient (Wildman–Crippen LogP) is 0.819. The Labute approximate surface area is 89.5 Å². The number of hydrogen-bond donors (Lipinski definition) is 4. The Morgan fingerprint density at radius 2 is 2.20 bits per heavy atom. The van der Waals surface area contributed by atoms with E-state index < -0.39 is 0 Å². The quantitative estimate of drug-likeness (QED) is 0.577. The van der Waals surface area contributed by atoms with Crippen LogP contribution < -0.4 is 16.8 Å². The normalized spacial score (nSPS) is 12.4. The highest BCUT2D eigenvalue weighted by Gasteiger charge is 2.01. The van der Waals surface area contributed by atoms with Crippen LogP contribution in [0.3, 0.4) is 0 Å². The Morgan fingerprint density at radius 3 is 2.80 bits per heavy atom. The summed E-state index contributed by atoms with van der Waals surface area (Å²) in [5.74, 6) is 1.01. The van der Waals surface area contributed by atoms with Gasteiger partial charge in [0, 0.05) is 6.54 Å². The molecule has 0 saturated carbocycles. The summed E-state index contributed by atoms with van der Waals surface area (Å²) in [6, 6.07) is 3.48. The third-order valence-corrected chi connectivity index (χ3v) is 2.21. The van der Waals surface area contributed by atoms with E-state index in [1.54, 1.807) is 12.1 Å². The van der Waals surface area contributed by atoms with Gasteiger partial charge in [-0.1, -0.05) is 6.92 Å². The van der Waals surface area contributed by atoms with Crippen LogP contribution in [0.15, 0.2) is 12.1 Å². The molecule has 0 saturated heterocycles. The molecule has 0 amide bonds. The molecule has 0 fully saturated rings. The smallest absolute Gasteiger partial charge is 0.149 e. The monoisotopic (exact) mass is 210 g/mol. The number of nitrogens with two attached hydrogens (primary N) is 2. The van der Waals surface area contributed by atoms with Crippen LogP contribution >= 0.6 is 0 Å². The van der Waals surface area contributed by atoms with Crippen molar-refractivity contribution in [3.8, 4) is 0 Å².